The standard InChI is InChI=1S/C25H29N7O2S/c1-18-13-27-24(30-20-10-8-19(9-11-20)14-32-17-26-16-28-32)31-23(18)29-21-6-5-7-22(12-21)35(33,34)15-25(2,3)4/h5-13,16-17H,14-15H2,1-4H3,(H2,27,29,30,31). The second-order valence-corrected chi connectivity index (χ2v) is 11.6. The zero-order valence-electron chi connectivity index (χ0n) is 20.2. The van der Waals surface area contributed by atoms with Gasteiger partial charge in [-0.05, 0) is 48.2 Å². The SMILES string of the molecule is Cc1cnc(Nc2ccc(Cn3cncn3)cc2)nc1Nc1cccc(S(=O)(=O)CC(C)(C)C)c1. The molecule has 0 aliphatic carbocycles. The second-order valence-electron chi connectivity index (χ2n) is 9.61. The fraction of sp³-hybridized carbons (Fsp3) is 0.280. The Morgan fingerprint density at radius 2 is 1.77 bits per heavy atom. The monoisotopic (exact) mass is 491 g/mol. The molecule has 35 heavy (non-hydrogen) atoms. The van der Waals surface area contributed by atoms with Gasteiger partial charge in [-0.1, -0.05) is 39.0 Å². The maximum atomic E-state index is 12.8. The van der Waals surface area contributed by atoms with Crippen LogP contribution in [0.1, 0.15) is 31.9 Å². The summed E-state index contributed by atoms with van der Waals surface area (Å²) in [4.78, 5) is 13.2. The molecule has 0 saturated heterocycles. The average Bonchev–Trinajstić information content (AvgIpc) is 3.29. The fourth-order valence-electron chi connectivity index (χ4n) is 3.51. The van der Waals surface area contributed by atoms with Crippen LogP contribution in [-0.4, -0.2) is 38.9 Å². The molecule has 2 N–H and O–H groups in total. The summed E-state index contributed by atoms with van der Waals surface area (Å²) in [5.74, 6) is 1.09. The molecule has 4 aromatic rings. The molecule has 0 aliphatic heterocycles. The molecule has 0 bridgehead atoms. The van der Waals surface area contributed by atoms with Crippen molar-refractivity contribution in [1.29, 1.82) is 0 Å². The molecule has 10 heteroatoms. The van der Waals surface area contributed by atoms with Gasteiger partial charge >= 0.3 is 0 Å². The van der Waals surface area contributed by atoms with Crippen molar-refractivity contribution < 1.29 is 8.42 Å². The summed E-state index contributed by atoms with van der Waals surface area (Å²) in [6.45, 7) is 8.27. The van der Waals surface area contributed by atoms with Crippen molar-refractivity contribution in [3.8, 4) is 0 Å². The summed E-state index contributed by atoms with van der Waals surface area (Å²) >= 11 is 0. The lowest BCUT2D eigenvalue weighted by atomic mass is 10.0. The summed E-state index contributed by atoms with van der Waals surface area (Å²) in [6.07, 6.45) is 4.91. The Labute approximate surface area is 205 Å². The third-order valence-corrected chi connectivity index (χ3v) is 7.29. The van der Waals surface area contributed by atoms with Crippen molar-refractivity contribution in [3.63, 3.8) is 0 Å². The number of nitrogens with one attached hydrogen (secondary N) is 2. The average molecular weight is 492 g/mol. The van der Waals surface area contributed by atoms with E-state index in [1.807, 2.05) is 58.0 Å². The molecule has 0 unspecified atom stereocenters. The zero-order chi connectivity index (χ0) is 25.1. The molecule has 2 aromatic heterocycles. The molecule has 0 amide bonds. The number of benzene rings is 2. The Kier molecular flexibility index (Phi) is 6.83. The van der Waals surface area contributed by atoms with Crippen molar-refractivity contribution in [2.24, 2.45) is 5.41 Å². The van der Waals surface area contributed by atoms with E-state index in [0.29, 0.717) is 24.0 Å². The molecule has 0 atom stereocenters. The predicted molar refractivity (Wildman–Crippen MR) is 137 cm³/mol. The lowest BCUT2D eigenvalue weighted by Gasteiger charge is -2.18. The Morgan fingerprint density at radius 1 is 1.00 bits per heavy atom. The van der Waals surface area contributed by atoms with Gasteiger partial charge < -0.3 is 10.6 Å². The topological polar surface area (TPSA) is 115 Å². The smallest absolute Gasteiger partial charge is 0.229 e. The third-order valence-electron chi connectivity index (χ3n) is 5.07. The van der Waals surface area contributed by atoms with Crippen molar-refractivity contribution in [3.05, 3.63) is 78.5 Å². The predicted octanol–water partition coefficient (Wildman–Crippen LogP) is 4.73. The molecule has 2 aromatic carbocycles. The van der Waals surface area contributed by atoms with E-state index in [9.17, 15) is 8.42 Å². The molecule has 0 radical (unpaired) electrons. The summed E-state index contributed by atoms with van der Waals surface area (Å²) in [7, 11) is -3.41. The number of rotatable bonds is 8. The van der Waals surface area contributed by atoms with E-state index in [1.54, 1.807) is 35.4 Å². The quantitative estimate of drug-likeness (QED) is 0.363. The molecule has 0 saturated carbocycles. The molecule has 0 fully saturated rings. The van der Waals surface area contributed by atoms with Gasteiger partial charge in [-0.2, -0.15) is 10.1 Å². The third kappa shape index (κ3) is 6.63. The van der Waals surface area contributed by atoms with Crippen LogP contribution in [0.3, 0.4) is 0 Å². The van der Waals surface area contributed by atoms with Gasteiger partial charge in [0.05, 0.1) is 17.2 Å². The van der Waals surface area contributed by atoms with E-state index >= 15 is 0 Å². The van der Waals surface area contributed by atoms with Crippen LogP contribution in [0.2, 0.25) is 0 Å². The van der Waals surface area contributed by atoms with Gasteiger partial charge in [0.1, 0.15) is 18.5 Å². The van der Waals surface area contributed by atoms with Crippen molar-refractivity contribution >= 4 is 33.0 Å². The van der Waals surface area contributed by atoms with Crippen LogP contribution in [-0.2, 0) is 16.4 Å². The number of nitrogens with zero attached hydrogens (tertiary/aromatic N) is 5. The van der Waals surface area contributed by atoms with Gasteiger partial charge in [0.15, 0.2) is 9.84 Å². The molecule has 4 rings (SSSR count). The van der Waals surface area contributed by atoms with E-state index in [0.717, 1.165) is 16.8 Å². The molecule has 0 aliphatic rings. The maximum Gasteiger partial charge on any atom is 0.229 e. The summed E-state index contributed by atoms with van der Waals surface area (Å²) < 4.78 is 27.4. The van der Waals surface area contributed by atoms with E-state index in [1.165, 1.54) is 6.33 Å². The maximum absolute atomic E-state index is 12.8. The van der Waals surface area contributed by atoms with Crippen molar-refractivity contribution in [1.82, 2.24) is 24.7 Å². The highest BCUT2D eigenvalue weighted by atomic mass is 32.2. The highest BCUT2D eigenvalue weighted by molar-refractivity contribution is 7.91. The Balaban J connectivity index is 1.48. The Bertz CT molecular complexity index is 1390. The van der Waals surface area contributed by atoms with E-state index in [-0.39, 0.29) is 16.1 Å². The van der Waals surface area contributed by atoms with Gasteiger partial charge in [0, 0.05) is 23.1 Å². The van der Waals surface area contributed by atoms with Crippen molar-refractivity contribution in [2.45, 2.75) is 39.1 Å². The van der Waals surface area contributed by atoms with E-state index < -0.39 is 9.84 Å². The first-order valence-electron chi connectivity index (χ1n) is 11.2. The normalized spacial score (nSPS) is 11.9. The van der Waals surface area contributed by atoms with Gasteiger partial charge in [-0.25, -0.2) is 23.1 Å². The molecule has 2 heterocycles. The minimum atomic E-state index is -3.41. The lowest BCUT2D eigenvalue weighted by molar-refractivity contribution is 0.462. The Hall–Kier alpha value is -3.79. The summed E-state index contributed by atoms with van der Waals surface area (Å²) in [5, 5.41) is 10.6. The molecule has 182 valence electrons. The van der Waals surface area contributed by atoms with E-state index in [4.69, 9.17) is 0 Å². The van der Waals surface area contributed by atoms with Crippen LogP contribution < -0.4 is 10.6 Å². The highest BCUT2D eigenvalue weighted by Crippen LogP contribution is 2.26. The first kappa shape index (κ1) is 24.3. The van der Waals surface area contributed by atoms with Crippen LogP contribution >= 0.6 is 0 Å². The Morgan fingerprint density at radius 3 is 2.46 bits per heavy atom. The van der Waals surface area contributed by atoms with Gasteiger partial charge in [-0.3, -0.25) is 0 Å². The lowest BCUT2D eigenvalue weighted by Crippen LogP contribution is -2.20. The minimum Gasteiger partial charge on any atom is -0.340 e. The van der Waals surface area contributed by atoms with Crippen LogP contribution in [0, 0.1) is 12.3 Å². The van der Waals surface area contributed by atoms with Crippen LogP contribution in [0.4, 0.5) is 23.1 Å². The van der Waals surface area contributed by atoms with E-state index in [2.05, 4.69) is 30.7 Å². The van der Waals surface area contributed by atoms with Gasteiger partial charge in [0.2, 0.25) is 5.95 Å². The second kappa shape index (κ2) is 9.83. The first-order valence-corrected chi connectivity index (χ1v) is 12.8. The fourth-order valence-corrected chi connectivity index (χ4v) is 5.41. The number of hydrogen-bond acceptors (Lipinski definition) is 8. The van der Waals surface area contributed by atoms with Gasteiger partial charge in [-0.15, -0.1) is 0 Å². The van der Waals surface area contributed by atoms with Crippen LogP contribution in [0.5, 0.6) is 0 Å². The summed E-state index contributed by atoms with van der Waals surface area (Å²) in [6, 6.07) is 14.7. The number of aryl methyl sites for hydroxylation is 1. The number of sulfone groups is 1. The van der Waals surface area contributed by atoms with Crippen LogP contribution in [0.25, 0.3) is 0 Å². The first-order chi connectivity index (χ1) is 16.6. The number of hydrogen-bond donors (Lipinski definition) is 2. The summed E-state index contributed by atoms with van der Waals surface area (Å²) in [5.41, 5.74) is 3.08. The molecular weight excluding hydrogens is 462 g/mol. The van der Waals surface area contributed by atoms with Gasteiger partial charge in [0.25, 0.3) is 0 Å². The largest absolute Gasteiger partial charge is 0.340 e. The number of anilines is 4. The molecule has 0 spiro atoms. The number of aromatic nitrogens is 5. The molecule has 9 nitrogen and oxygen atoms in total. The highest BCUT2D eigenvalue weighted by Gasteiger charge is 2.23. The zero-order valence-corrected chi connectivity index (χ0v) is 21.0. The minimum absolute atomic E-state index is 0.0711. The van der Waals surface area contributed by atoms with Crippen molar-refractivity contribution in [2.75, 3.05) is 16.4 Å². The van der Waals surface area contributed by atoms with Crippen LogP contribution in [0.15, 0.2) is 72.3 Å². The molecular formula is C25H29N7O2S.